The molecule has 1 heterocycles. The number of benzene rings is 1. The van der Waals surface area contributed by atoms with Crippen LogP contribution in [0.5, 0.6) is 0 Å². The van der Waals surface area contributed by atoms with E-state index in [2.05, 4.69) is 5.32 Å². The summed E-state index contributed by atoms with van der Waals surface area (Å²) in [6.07, 6.45) is 5.96. The van der Waals surface area contributed by atoms with Crippen LogP contribution in [-0.4, -0.2) is 18.1 Å². The summed E-state index contributed by atoms with van der Waals surface area (Å²) in [6, 6.07) is 7.81. The first-order chi connectivity index (χ1) is 9.72. The van der Waals surface area contributed by atoms with Crippen LogP contribution in [0.15, 0.2) is 24.3 Å². The molecule has 108 valence electrons. The highest BCUT2D eigenvalue weighted by atomic mass is 35.5. The number of rotatable bonds is 3. The van der Waals surface area contributed by atoms with Crippen molar-refractivity contribution in [3.05, 3.63) is 34.9 Å². The predicted octanol–water partition coefficient (Wildman–Crippen LogP) is 3.30. The molecule has 4 heteroatoms. The van der Waals surface area contributed by atoms with E-state index >= 15 is 0 Å². The molecule has 1 N–H and O–H groups in total. The van der Waals surface area contributed by atoms with Gasteiger partial charge in [0.05, 0.1) is 0 Å². The standard InChI is InChI=1S/C16H20ClNO2/c17-13-7-5-11(6-8-13)10-20-16(19)15-9-12-3-1-2-4-14(12)18-15/h5-8,12,14-15,18H,1-4,9-10H2. The van der Waals surface area contributed by atoms with E-state index in [1.165, 1.54) is 25.7 Å². The molecule has 3 rings (SSSR count). The molecule has 1 aromatic rings. The van der Waals surface area contributed by atoms with Crippen molar-refractivity contribution in [2.24, 2.45) is 5.92 Å². The van der Waals surface area contributed by atoms with Crippen molar-refractivity contribution in [3.63, 3.8) is 0 Å². The normalized spacial score (nSPS) is 28.9. The van der Waals surface area contributed by atoms with Gasteiger partial charge in [0, 0.05) is 11.1 Å². The molecule has 0 bridgehead atoms. The van der Waals surface area contributed by atoms with Gasteiger partial charge in [-0.3, -0.25) is 4.79 Å². The van der Waals surface area contributed by atoms with Gasteiger partial charge in [-0.2, -0.15) is 0 Å². The summed E-state index contributed by atoms with van der Waals surface area (Å²) in [6.45, 7) is 0.323. The van der Waals surface area contributed by atoms with Crippen molar-refractivity contribution in [2.45, 2.75) is 50.8 Å². The smallest absolute Gasteiger partial charge is 0.323 e. The first kappa shape index (κ1) is 13.9. The number of halogens is 1. The van der Waals surface area contributed by atoms with E-state index < -0.39 is 0 Å². The Balaban J connectivity index is 1.51. The molecule has 3 unspecified atom stereocenters. The van der Waals surface area contributed by atoms with Crippen LogP contribution in [0.25, 0.3) is 0 Å². The van der Waals surface area contributed by atoms with Crippen molar-refractivity contribution >= 4 is 17.6 Å². The van der Waals surface area contributed by atoms with Gasteiger partial charge in [-0.1, -0.05) is 36.6 Å². The molecule has 3 nitrogen and oxygen atoms in total. The summed E-state index contributed by atoms with van der Waals surface area (Å²) in [4.78, 5) is 12.1. The van der Waals surface area contributed by atoms with E-state index in [1.54, 1.807) is 0 Å². The maximum absolute atomic E-state index is 12.1. The molecule has 1 aliphatic heterocycles. The van der Waals surface area contributed by atoms with Gasteiger partial charge >= 0.3 is 5.97 Å². The van der Waals surface area contributed by atoms with Crippen LogP contribution in [0.2, 0.25) is 5.02 Å². The Morgan fingerprint density at radius 2 is 2.00 bits per heavy atom. The minimum atomic E-state index is -0.116. The molecule has 1 saturated heterocycles. The SMILES string of the molecule is O=C(OCc1ccc(Cl)cc1)C1CC2CCCCC2N1. The molecule has 2 aliphatic rings. The zero-order valence-corrected chi connectivity index (χ0v) is 12.2. The zero-order chi connectivity index (χ0) is 13.9. The molecule has 0 aromatic heterocycles. The Morgan fingerprint density at radius 3 is 2.75 bits per heavy atom. The number of fused-ring (bicyclic) bond motifs is 1. The van der Waals surface area contributed by atoms with Crippen LogP contribution in [0.4, 0.5) is 0 Å². The highest BCUT2D eigenvalue weighted by Crippen LogP contribution is 2.33. The molecule has 3 atom stereocenters. The number of carbonyl (C=O) groups is 1. The summed E-state index contributed by atoms with van der Waals surface area (Å²) < 4.78 is 5.41. The topological polar surface area (TPSA) is 38.3 Å². The Labute approximate surface area is 124 Å². The summed E-state index contributed by atoms with van der Waals surface area (Å²) in [5, 5.41) is 4.14. The molecule has 1 aliphatic carbocycles. The maximum Gasteiger partial charge on any atom is 0.323 e. The van der Waals surface area contributed by atoms with Crippen LogP contribution >= 0.6 is 11.6 Å². The highest BCUT2D eigenvalue weighted by Gasteiger charge is 2.38. The molecule has 1 saturated carbocycles. The van der Waals surface area contributed by atoms with Gasteiger partial charge in [0.1, 0.15) is 12.6 Å². The summed E-state index contributed by atoms with van der Waals surface area (Å²) in [7, 11) is 0. The molecule has 2 fully saturated rings. The van der Waals surface area contributed by atoms with E-state index in [0.29, 0.717) is 23.6 Å². The monoisotopic (exact) mass is 293 g/mol. The lowest BCUT2D eigenvalue weighted by Crippen LogP contribution is -2.37. The number of hydrogen-bond donors (Lipinski definition) is 1. The first-order valence-electron chi connectivity index (χ1n) is 7.39. The van der Waals surface area contributed by atoms with Gasteiger partial charge in [0.15, 0.2) is 0 Å². The van der Waals surface area contributed by atoms with Gasteiger partial charge in [-0.15, -0.1) is 0 Å². The summed E-state index contributed by atoms with van der Waals surface area (Å²) in [5.74, 6) is 0.547. The van der Waals surface area contributed by atoms with Gasteiger partial charge in [0.25, 0.3) is 0 Å². The number of esters is 1. The zero-order valence-electron chi connectivity index (χ0n) is 11.5. The lowest BCUT2D eigenvalue weighted by Gasteiger charge is -2.24. The third kappa shape index (κ3) is 3.15. The van der Waals surface area contributed by atoms with Crippen LogP contribution in [0.3, 0.4) is 0 Å². The fourth-order valence-corrected chi connectivity index (χ4v) is 3.46. The van der Waals surface area contributed by atoms with E-state index in [-0.39, 0.29) is 12.0 Å². The second kappa shape index (κ2) is 6.15. The minimum absolute atomic E-state index is 0.115. The Morgan fingerprint density at radius 1 is 1.25 bits per heavy atom. The summed E-state index contributed by atoms with van der Waals surface area (Å²) in [5.41, 5.74) is 0.971. The fourth-order valence-electron chi connectivity index (χ4n) is 3.34. The Hall–Kier alpha value is -1.06. The van der Waals surface area contributed by atoms with Crippen molar-refractivity contribution in [2.75, 3.05) is 0 Å². The first-order valence-corrected chi connectivity index (χ1v) is 7.77. The van der Waals surface area contributed by atoms with E-state index in [1.807, 2.05) is 24.3 Å². The average molecular weight is 294 g/mol. The third-order valence-electron chi connectivity index (χ3n) is 4.44. The van der Waals surface area contributed by atoms with Crippen molar-refractivity contribution in [1.82, 2.24) is 5.32 Å². The Bertz CT molecular complexity index is 460. The number of carbonyl (C=O) groups excluding carboxylic acids is 1. The number of ether oxygens (including phenoxy) is 1. The summed E-state index contributed by atoms with van der Waals surface area (Å²) >= 11 is 5.83. The molecular weight excluding hydrogens is 274 g/mol. The van der Waals surface area contributed by atoms with Crippen LogP contribution in [0.1, 0.15) is 37.7 Å². The largest absolute Gasteiger partial charge is 0.460 e. The lowest BCUT2D eigenvalue weighted by atomic mass is 9.85. The quantitative estimate of drug-likeness (QED) is 0.869. The fraction of sp³-hybridized carbons (Fsp3) is 0.562. The van der Waals surface area contributed by atoms with Crippen molar-refractivity contribution in [3.8, 4) is 0 Å². The molecule has 0 radical (unpaired) electrons. The second-order valence-electron chi connectivity index (χ2n) is 5.84. The van der Waals surface area contributed by atoms with Gasteiger partial charge in [-0.25, -0.2) is 0 Å². The molecule has 1 aromatic carbocycles. The maximum atomic E-state index is 12.1. The van der Waals surface area contributed by atoms with Crippen LogP contribution in [-0.2, 0) is 16.1 Å². The van der Waals surface area contributed by atoms with Crippen molar-refractivity contribution in [1.29, 1.82) is 0 Å². The number of hydrogen-bond acceptors (Lipinski definition) is 3. The molecule has 20 heavy (non-hydrogen) atoms. The predicted molar refractivity (Wildman–Crippen MR) is 78.5 cm³/mol. The average Bonchev–Trinajstić information content (AvgIpc) is 2.90. The lowest BCUT2D eigenvalue weighted by molar-refractivity contribution is -0.147. The third-order valence-corrected chi connectivity index (χ3v) is 4.69. The van der Waals surface area contributed by atoms with Crippen LogP contribution in [0, 0.1) is 5.92 Å². The molecular formula is C16H20ClNO2. The van der Waals surface area contributed by atoms with Gasteiger partial charge in [-0.05, 0) is 42.9 Å². The van der Waals surface area contributed by atoms with E-state index in [9.17, 15) is 4.79 Å². The molecule has 0 spiro atoms. The van der Waals surface area contributed by atoms with E-state index in [4.69, 9.17) is 16.3 Å². The van der Waals surface area contributed by atoms with Crippen LogP contribution < -0.4 is 5.32 Å². The number of nitrogens with one attached hydrogen (secondary N) is 1. The molecule has 0 amide bonds. The van der Waals surface area contributed by atoms with Gasteiger partial charge < -0.3 is 10.1 Å². The van der Waals surface area contributed by atoms with E-state index in [0.717, 1.165) is 12.0 Å². The Kier molecular flexibility index (Phi) is 4.27. The second-order valence-corrected chi connectivity index (χ2v) is 6.28. The van der Waals surface area contributed by atoms with Crippen molar-refractivity contribution < 1.29 is 9.53 Å². The van der Waals surface area contributed by atoms with Gasteiger partial charge in [0.2, 0.25) is 0 Å². The highest BCUT2D eigenvalue weighted by molar-refractivity contribution is 6.30. The minimum Gasteiger partial charge on any atom is -0.460 e.